The molecule has 0 bridgehead atoms. The molecule has 1 aliphatic heterocycles. The average Bonchev–Trinajstić information content (AvgIpc) is 3.53. The van der Waals surface area contributed by atoms with Gasteiger partial charge in [-0.2, -0.15) is 0 Å². The van der Waals surface area contributed by atoms with Crippen LogP contribution >= 0.6 is 11.8 Å². The van der Waals surface area contributed by atoms with Crippen molar-refractivity contribution in [1.82, 2.24) is 24.6 Å². The molecule has 1 aliphatic rings. The number of carbonyl (C=O) groups is 1. The number of aryl methyl sites for hydroxylation is 1. The van der Waals surface area contributed by atoms with Crippen molar-refractivity contribution in [1.29, 1.82) is 0 Å². The molecular formula is C24H25N5OS. The number of aromatic nitrogens is 4. The number of amides is 1. The Morgan fingerprint density at radius 3 is 2.61 bits per heavy atom. The van der Waals surface area contributed by atoms with Gasteiger partial charge in [0.2, 0.25) is 5.91 Å². The molecule has 1 N–H and O–H groups in total. The monoisotopic (exact) mass is 431 g/mol. The highest BCUT2D eigenvalue weighted by Gasteiger charge is 2.27. The minimum atomic E-state index is -0.221. The van der Waals surface area contributed by atoms with Crippen LogP contribution in [0, 0.1) is 6.92 Å². The number of thioether (sulfide) groups is 1. The van der Waals surface area contributed by atoms with E-state index >= 15 is 0 Å². The van der Waals surface area contributed by atoms with Gasteiger partial charge in [0.15, 0.2) is 11.0 Å². The number of nitrogens with zero attached hydrogens (tertiary/aromatic N) is 4. The molecule has 1 fully saturated rings. The van der Waals surface area contributed by atoms with Gasteiger partial charge in [-0.25, -0.2) is 0 Å². The smallest absolute Gasteiger partial charge is 0.235 e. The Balaban J connectivity index is 1.59. The van der Waals surface area contributed by atoms with Gasteiger partial charge in [0.25, 0.3) is 0 Å². The average molecular weight is 432 g/mol. The van der Waals surface area contributed by atoms with Gasteiger partial charge in [-0.15, -0.1) is 10.2 Å². The standard InChI is InChI=1S/C24H25N5OS/c1-16-9-3-6-12-21(16)29-22(19-15-25-20-11-5-4-10-18(19)20)26-27-24(29)31-17(2)23(30)28-13-7-8-14-28/h3-6,9-12,15,17,25H,7-8,13-14H2,1-2H3. The molecule has 1 amide bonds. The fourth-order valence-corrected chi connectivity index (χ4v) is 5.16. The van der Waals surface area contributed by atoms with Crippen LogP contribution < -0.4 is 0 Å². The zero-order valence-corrected chi connectivity index (χ0v) is 18.5. The first-order valence-electron chi connectivity index (χ1n) is 10.7. The van der Waals surface area contributed by atoms with E-state index in [2.05, 4.69) is 50.9 Å². The minimum Gasteiger partial charge on any atom is -0.360 e. The number of likely N-dealkylation sites (tertiary alicyclic amines) is 1. The highest BCUT2D eigenvalue weighted by molar-refractivity contribution is 8.00. The summed E-state index contributed by atoms with van der Waals surface area (Å²) in [6.45, 7) is 5.76. The van der Waals surface area contributed by atoms with Crippen molar-refractivity contribution < 1.29 is 4.79 Å². The second-order valence-electron chi connectivity index (χ2n) is 7.97. The quantitative estimate of drug-likeness (QED) is 0.460. The van der Waals surface area contributed by atoms with E-state index in [0.717, 1.165) is 64.6 Å². The Labute approximate surface area is 185 Å². The number of carbonyl (C=O) groups excluding carboxylic acids is 1. The van der Waals surface area contributed by atoms with Crippen LogP contribution in [0.25, 0.3) is 28.0 Å². The van der Waals surface area contributed by atoms with E-state index in [4.69, 9.17) is 0 Å². The van der Waals surface area contributed by atoms with Gasteiger partial charge in [-0.1, -0.05) is 48.2 Å². The van der Waals surface area contributed by atoms with Crippen LogP contribution in [0.4, 0.5) is 0 Å². The van der Waals surface area contributed by atoms with Gasteiger partial charge < -0.3 is 9.88 Å². The van der Waals surface area contributed by atoms with Crippen LogP contribution in [0.3, 0.4) is 0 Å². The van der Waals surface area contributed by atoms with Crippen LogP contribution in [0.1, 0.15) is 25.3 Å². The largest absolute Gasteiger partial charge is 0.360 e. The summed E-state index contributed by atoms with van der Waals surface area (Å²) in [4.78, 5) is 18.2. The molecule has 0 aliphatic carbocycles. The fourth-order valence-electron chi connectivity index (χ4n) is 4.21. The summed E-state index contributed by atoms with van der Waals surface area (Å²) in [6, 6.07) is 16.4. The van der Waals surface area contributed by atoms with Gasteiger partial charge in [0.05, 0.1) is 10.9 Å². The molecule has 7 heteroatoms. The van der Waals surface area contributed by atoms with Gasteiger partial charge in [0.1, 0.15) is 0 Å². The maximum absolute atomic E-state index is 12.9. The number of hydrogen-bond acceptors (Lipinski definition) is 4. The van der Waals surface area contributed by atoms with E-state index in [-0.39, 0.29) is 11.2 Å². The molecule has 6 nitrogen and oxygen atoms in total. The number of hydrogen-bond donors (Lipinski definition) is 1. The lowest BCUT2D eigenvalue weighted by atomic mass is 10.1. The third kappa shape index (κ3) is 3.63. The summed E-state index contributed by atoms with van der Waals surface area (Å²) < 4.78 is 2.09. The molecular weight excluding hydrogens is 406 g/mol. The Bertz CT molecular complexity index is 1240. The number of H-pyrrole nitrogens is 1. The molecule has 1 saturated heterocycles. The third-order valence-electron chi connectivity index (χ3n) is 5.87. The van der Waals surface area contributed by atoms with E-state index in [1.165, 1.54) is 11.8 Å². The van der Waals surface area contributed by atoms with Crippen molar-refractivity contribution in [3.8, 4) is 17.1 Å². The second kappa shape index (κ2) is 8.23. The topological polar surface area (TPSA) is 66.8 Å². The number of nitrogens with one attached hydrogen (secondary N) is 1. The lowest BCUT2D eigenvalue weighted by Gasteiger charge is -2.20. The molecule has 5 rings (SSSR count). The molecule has 4 aromatic rings. The molecule has 2 aromatic heterocycles. The maximum Gasteiger partial charge on any atom is 0.235 e. The first-order valence-corrected chi connectivity index (χ1v) is 11.5. The number of benzene rings is 2. The number of para-hydroxylation sites is 2. The van der Waals surface area contributed by atoms with E-state index in [1.54, 1.807) is 0 Å². The van der Waals surface area contributed by atoms with Gasteiger partial charge >= 0.3 is 0 Å². The summed E-state index contributed by atoms with van der Waals surface area (Å²) in [6.07, 6.45) is 4.16. The molecule has 158 valence electrons. The van der Waals surface area contributed by atoms with E-state index in [1.807, 2.05) is 42.3 Å². The second-order valence-corrected chi connectivity index (χ2v) is 9.28. The van der Waals surface area contributed by atoms with E-state index < -0.39 is 0 Å². The minimum absolute atomic E-state index is 0.176. The number of fused-ring (bicyclic) bond motifs is 1. The van der Waals surface area contributed by atoms with Crippen LogP contribution in [-0.4, -0.2) is 48.9 Å². The van der Waals surface area contributed by atoms with Crippen molar-refractivity contribution in [3.63, 3.8) is 0 Å². The molecule has 31 heavy (non-hydrogen) atoms. The van der Waals surface area contributed by atoms with E-state index in [9.17, 15) is 4.79 Å². The maximum atomic E-state index is 12.9. The summed E-state index contributed by atoms with van der Waals surface area (Å²) in [7, 11) is 0. The number of rotatable bonds is 5. The molecule has 0 radical (unpaired) electrons. The summed E-state index contributed by atoms with van der Waals surface area (Å²) in [5.74, 6) is 0.950. The van der Waals surface area contributed by atoms with E-state index in [0.29, 0.717) is 0 Å². The summed E-state index contributed by atoms with van der Waals surface area (Å²) in [5.41, 5.74) is 4.21. The highest BCUT2D eigenvalue weighted by Crippen LogP contribution is 2.34. The van der Waals surface area contributed by atoms with Crippen molar-refractivity contribution in [2.45, 2.75) is 37.1 Å². The Kier molecular flexibility index (Phi) is 5.28. The first-order chi connectivity index (χ1) is 15.1. The molecule has 1 unspecified atom stereocenters. The highest BCUT2D eigenvalue weighted by atomic mass is 32.2. The van der Waals surface area contributed by atoms with Crippen LogP contribution in [0.15, 0.2) is 59.9 Å². The predicted molar refractivity (Wildman–Crippen MR) is 125 cm³/mol. The lowest BCUT2D eigenvalue weighted by Crippen LogP contribution is -2.34. The molecule has 0 spiro atoms. The van der Waals surface area contributed by atoms with Gasteiger partial charge in [-0.3, -0.25) is 9.36 Å². The zero-order valence-electron chi connectivity index (χ0n) is 17.7. The summed E-state index contributed by atoms with van der Waals surface area (Å²) in [5, 5.41) is 10.7. The van der Waals surface area contributed by atoms with Crippen molar-refractivity contribution in [2.24, 2.45) is 0 Å². The Hall–Kier alpha value is -3.06. The SMILES string of the molecule is Cc1ccccc1-n1c(SC(C)C(=O)N2CCCC2)nnc1-c1c[nH]c2ccccc12. The Morgan fingerprint density at radius 2 is 1.81 bits per heavy atom. The van der Waals surface area contributed by atoms with Gasteiger partial charge in [-0.05, 0) is 44.4 Å². The van der Waals surface area contributed by atoms with Crippen molar-refractivity contribution in [2.75, 3.05) is 13.1 Å². The van der Waals surface area contributed by atoms with Crippen LogP contribution in [0.5, 0.6) is 0 Å². The molecule has 3 heterocycles. The van der Waals surface area contributed by atoms with Crippen LogP contribution in [0.2, 0.25) is 0 Å². The summed E-state index contributed by atoms with van der Waals surface area (Å²) >= 11 is 1.48. The normalized spacial score (nSPS) is 15.0. The third-order valence-corrected chi connectivity index (χ3v) is 6.90. The predicted octanol–water partition coefficient (Wildman–Crippen LogP) is 4.83. The van der Waals surface area contributed by atoms with Crippen LogP contribution in [-0.2, 0) is 4.79 Å². The molecule has 2 aromatic carbocycles. The Morgan fingerprint density at radius 1 is 1.06 bits per heavy atom. The lowest BCUT2D eigenvalue weighted by molar-refractivity contribution is -0.129. The number of aromatic amines is 1. The van der Waals surface area contributed by atoms with Gasteiger partial charge in [0, 0.05) is 35.8 Å². The van der Waals surface area contributed by atoms with Crippen molar-refractivity contribution >= 4 is 28.6 Å². The zero-order chi connectivity index (χ0) is 21.4. The fraction of sp³-hybridized carbons (Fsp3) is 0.292. The van der Waals surface area contributed by atoms with Crippen molar-refractivity contribution in [3.05, 3.63) is 60.3 Å². The molecule has 0 saturated carbocycles. The first kappa shape index (κ1) is 19.9. The molecule has 1 atom stereocenters.